The van der Waals surface area contributed by atoms with Crippen LogP contribution in [-0.2, 0) is 42.6 Å². The molecule has 0 aliphatic rings. The number of phenols is 1. The molecule has 1 atom stereocenters. The maximum absolute atomic E-state index is 13.9. The molecule has 2 aromatic heterocycles. The number of rotatable bonds is 17. The van der Waals surface area contributed by atoms with E-state index in [4.69, 9.17) is 14.6 Å². The van der Waals surface area contributed by atoms with Gasteiger partial charge in [0, 0.05) is 78.2 Å². The first-order valence-corrected chi connectivity index (χ1v) is 56.7. The molecule has 33 heteroatoms. The topological polar surface area (TPSA) is 254 Å². The highest BCUT2D eigenvalue weighted by molar-refractivity contribution is 14.1. The Morgan fingerprint density at radius 2 is 0.735 bits per heavy atom. The SMILES string of the molecule is CCC(Cc1c(I)cc(I)c(O)c1I)C(=O)[O-].C[S+](C)C.O=C(O)c1cc(I)c([O-])c(I)c1.O=C([O-])CCC(=O)Oc1c(I)cc(I)cc1I.O=C([O-])c1c(F)c(F)c(F)c(F)c1C(=O)Oc1c(I)cc(I)cc1I.c1ccc(-[s+]2c3ccccc3c3ccccc32)cc1.c1ccc(-[s+]2c3ccccc3c3ccccc32)cc1.c1ccc([S+](c2ccccc2)c2ccccc2)cc1. The lowest BCUT2D eigenvalue weighted by Crippen LogP contribution is -2.32. The van der Waals surface area contributed by atoms with Gasteiger partial charge in [0.1, 0.15) is 11.3 Å². The van der Waals surface area contributed by atoms with Crippen molar-refractivity contribution in [3.8, 4) is 32.8 Å². The summed E-state index contributed by atoms with van der Waals surface area (Å²) in [6, 6.07) is 100. The van der Waals surface area contributed by atoms with Gasteiger partial charge < -0.3 is 54.5 Å². The van der Waals surface area contributed by atoms with Gasteiger partial charge in [-0.15, -0.1) is 0 Å². The summed E-state index contributed by atoms with van der Waals surface area (Å²) in [5.74, 6) is -17.1. The minimum Gasteiger partial charge on any atom is -0.871 e. The quantitative estimate of drug-likeness (QED) is 0.0164. The predicted molar refractivity (Wildman–Crippen MR) is 609 cm³/mol. The number of carboxylic acid groups (broad SMARTS) is 4. The van der Waals surface area contributed by atoms with Crippen molar-refractivity contribution in [3.05, 3.63) is 376 Å². The van der Waals surface area contributed by atoms with Crippen molar-refractivity contribution in [2.45, 2.75) is 47.3 Å². The fourth-order valence-corrected chi connectivity index (χ4v) is 32.4. The summed E-state index contributed by atoms with van der Waals surface area (Å²) in [6.07, 6.45) is 7.01. The summed E-state index contributed by atoms with van der Waals surface area (Å²) in [5.41, 5.74) is -2.30. The van der Waals surface area contributed by atoms with Crippen LogP contribution in [0.5, 0.6) is 23.0 Å². The number of fused-ring (bicyclic) bond motifs is 6. The second-order valence-electron chi connectivity index (χ2n) is 27.8. The second-order valence-corrected chi connectivity index (χ2v) is 49.1. The van der Waals surface area contributed by atoms with Crippen molar-refractivity contribution in [1.29, 1.82) is 0 Å². The summed E-state index contributed by atoms with van der Waals surface area (Å²) in [4.78, 5) is 73.0. The third kappa shape index (κ3) is 30.5. The highest BCUT2D eigenvalue weighted by Gasteiger charge is 2.33. The predicted octanol–water partition coefficient (Wildman–Crippen LogP) is 26.5. The van der Waals surface area contributed by atoms with Gasteiger partial charge in [-0.25, -0.2) is 27.2 Å². The Morgan fingerprint density at radius 1 is 0.409 bits per heavy atom. The van der Waals surface area contributed by atoms with Gasteiger partial charge in [0.2, 0.25) is 0 Å². The van der Waals surface area contributed by atoms with Crippen molar-refractivity contribution < 1.29 is 86.4 Å². The molecule has 16 rings (SSSR count). The Bertz CT molecular complexity index is 6370. The van der Waals surface area contributed by atoms with E-state index in [9.17, 15) is 71.9 Å². The number of phenolic OH excluding ortho intramolecular Hbond substituents is 1. The summed E-state index contributed by atoms with van der Waals surface area (Å²) in [7, 11) is 0.743. The fraction of sp³-hybridized carbons (Fsp3) is 0.0909. The average Bonchev–Trinajstić information content (AvgIpc) is 1.55. The molecule has 2 N–H and O–H groups in total. The van der Waals surface area contributed by atoms with Gasteiger partial charge in [0.25, 0.3) is 0 Å². The van der Waals surface area contributed by atoms with Gasteiger partial charge in [0.15, 0.2) is 78.0 Å². The van der Waals surface area contributed by atoms with Gasteiger partial charge in [-0.3, -0.25) is 4.79 Å². The number of hydrogen-bond acceptors (Lipinski definition) is 13. The number of carboxylic acids is 4. The van der Waals surface area contributed by atoms with Gasteiger partial charge >= 0.3 is 17.9 Å². The molecule has 0 bridgehead atoms. The van der Waals surface area contributed by atoms with E-state index in [-0.39, 0.29) is 67.5 Å². The van der Waals surface area contributed by atoms with E-state index in [1.807, 2.05) is 92.9 Å². The molecule has 2 heterocycles. The Hall–Kier alpha value is -5.61. The lowest BCUT2D eigenvalue weighted by Gasteiger charge is -2.18. The van der Waals surface area contributed by atoms with Crippen LogP contribution in [0.4, 0.5) is 17.6 Å². The number of hydrogen-bond donors (Lipinski definition) is 2. The van der Waals surface area contributed by atoms with E-state index in [1.165, 1.54) is 77.0 Å². The van der Waals surface area contributed by atoms with E-state index in [2.05, 4.69) is 403 Å². The van der Waals surface area contributed by atoms with Crippen LogP contribution in [0.15, 0.2) is 306 Å². The van der Waals surface area contributed by atoms with Crippen LogP contribution in [0, 0.1) is 68.5 Å². The first-order chi connectivity index (χ1) is 62.9. The molecule has 14 nitrogen and oxygen atoms in total. The number of esters is 2. The Kier molecular flexibility index (Phi) is 45.1. The number of aromatic hydroxyl groups is 1. The Labute approximate surface area is 920 Å². The molecule has 0 amide bonds. The zero-order valence-corrected chi connectivity index (χ0v) is 96.2. The van der Waals surface area contributed by atoms with Crippen molar-refractivity contribution in [2.75, 3.05) is 18.8 Å². The number of aromatic carboxylic acids is 2. The molecule has 0 spiro atoms. The third-order valence-electron chi connectivity index (χ3n) is 18.2. The summed E-state index contributed by atoms with van der Waals surface area (Å²) in [6.45, 7) is 1.83. The van der Waals surface area contributed by atoms with Crippen LogP contribution < -0.4 is 29.9 Å². The van der Waals surface area contributed by atoms with Crippen molar-refractivity contribution in [3.63, 3.8) is 0 Å². The number of benzene rings is 14. The Balaban J connectivity index is 0.000000173. The third-order valence-corrected chi connectivity index (χ3v) is 34.1. The first-order valence-electron chi connectivity index (χ1n) is 38.7. The zero-order chi connectivity index (χ0) is 96.3. The average molecular weight is 3080 g/mol. The van der Waals surface area contributed by atoms with E-state index < -0.39 is 76.1 Å². The maximum atomic E-state index is 13.9. The van der Waals surface area contributed by atoms with Gasteiger partial charge in [-0.05, 0) is 436 Å². The standard InChI is InChI=1S/2C18H13S.C18H15S.C14H3F4I3O4.C11H11I3O3.C10H7I3O4.C7H4I2O3.C3H9S/c2*1-2-8-14(9-3-1)19-17-12-6-4-10-15(17)16-11-5-7-13-18(16)19;1-4-10-16(11-5-1)19(17-12-6-2-7-13-17)18-14-8-3-9-15-18;15-8-6(13(22)23)7(9(16)11(18)10(8)17)14(24)25-12-4(20)1-3(19)2-5(12)21;1-2-5(11(16)17)3-6-7(12)4-8(13)10(15)9(6)14;11-5-3-6(12)10(7(13)4-5)17-9(16)2-1-8(14)15;8-4-1-3(7(11)12)2-5(9)6(4)10;1-4(2)3/h2*1-13H;1-15H;1-2H,(H,22,23);4-5,15H,2-3H2,1H3,(H,16,17);3-4H,1-2H2,(H,14,15);1-2,10H,(H,11,12);1-3H3/q3*+1;;;;;+1/p-4. The number of carbonyl (C=O) groups is 6. The minimum atomic E-state index is -2.39. The molecule has 0 aliphatic heterocycles. The fourth-order valence-electron chi connectivity index (χ4n) is 12.3. The number of aliphatic carboxylic acids is 2. The largest absolute Gasteiger partial charge is 0.871 e. The van der Waals surface area contributed by atoms with Crippen molar-refractivity contribution >= 4 is 367 Å². The lowest BCUT2D eigenvalue weighted by atomic mass is 9.97. The molecular weight excluding hydrogens is 3010 g/mol. The van der Waals surface area contributed by atoms with Crippen LogP contribution in [0.1, 0.15) is 62.8 Å². The van der Waals surface area contributed by atoms with E-state index in [0.717, 1.165) is 30.6 Å². The molecule has 0 radical (unpaired) electrons. The lowest BCUT2D eigenvalue weighted by molar-refractivity contribution is -0.312. The summed E-state index contributed by atoms with van der Waals surface area (Å²) in [5, 5.41) is 67.3. The molecule has 680 valence electrons. The monoisotopic (exact) mass is 3080 g/mol. The van der Waals surface area contributed by atoms with E-state index in [1.54, 1.807) is 57.3 Å². The summed E-state index contributed by atoms with van der Waals surface area (Å²) < 4.78 is 77.7. The van der Waals surface area contributed by atoms with Crippen LogP contribution in [0.3, 0.4) is 0 Å². The molecule has 1 unspecified atom stereocenters. The van der Waals surface area contributed by atoms with Crippen LogP contribution >= 0.6 is 269 Å². The second kappa shape index (κ2) is 54.1. The number of carbonyl (C=O) groups excluding carboxylic acids is 5. The number of ether oxygens (including phenoxy) is 2. The molecular formula is C99H71F4I11O14S4. The molecule has 0 saturated heterocycles. The minimum absolute atomic E-state index is 0.0146. The number of thiophene rings is 2. The van der Waals surface area contributed by atoms with Gasteiger partial charge in [0.05, 0.1) is 74.6 Å². The molecule has 0 fully saturated rings. The molecule has 14 aromatic carbocycles. The highest BCUT2D eigenvalue weighted by atomic mass is 127. The smallest absolute Gasteiger partial charge is 0.347 e. The normalized spacial score (nSPS) is 10.8. The van der Waals surface area contributed by atoms with E-state index >= 15 is 0 Å². The number of halogens is 15. The zero-order valence-electron chi connectivity index (χ0n) is 69.2. The van der Waals surface area contributed by atoms with Crippen molar-refractivity contribution in [2.24, 2.45) is 5.92 Å². The molecule has 0 saturated carbocycles. The van der Waals surface area contributed by atoms with Gasteiger partial charge in [-0.1, -0.05) is 152 Å². The Morgan fingerprint density at radius 3 is 1.06 bits per heavy atom. The maximum Gasteiger partial charge on any atom is 0.347 e. The van der Waals surface area contributed by atoms with Crippen LogP contribution in [0.25, 0.3) is 50.1 Å². The van der Waals surface area contributed by atoms with Crippen molar-refractivity contribution in [1.82, 2.24) is 0 Å². The van der Waals surface area contributed by atoms with Crippen LogP contribution in [0.2, 0.25) is 0 Å². The van der Waals surface area contributed by atoms with Gasteiger partial charge in [-0.2, -0.15) is 0 Å². The molecule has 16 aromatic rings. The van der Waals surface area contributed by atoms with Crippen LogP contribution in [-0.4, -0.2) is 64.8 Å². The molecule has 132 heavy (non-hydrogen) atoms. The van der Waals surface area contributed by atoms with E-state index in [0.29, 0.717) is 43.8 Å². The summed E-state index contributed by atoms with van der Waals surface area (Å²) >= 11 is 21.8. The molecule has 0 aliphatic carbocycles. The first kappa shape index (κ1) is 110. The highest BCUT2D eigenvalue weighted by Crippen LogP contribution is 2.50.